The zero-order chi connectivity index (χ0) is 10.7. The fourth-order valence-electron chi connectivity index (χ4n) is 1.78. The third-order valence-corrected chi connectivity index (χ3v) is 2.44. The van der Waals surface area contributed by atoms with Crippen LogP contribution in [0.2, 0.25) is 0 Å². The van der Waals surface area contributed by atoms with Gasteiger partial charge in [0, 0.05) is 40.3 Å². The van der Waals surface area contributed by atoms with E-state index in [9.17, 15) is 0 Å². The minimum absolute atomic E-state index is 0.989. The SMILES string of the molecule is CN=C(N(C)C)N(C)C1=C(C)C=CC1. The first kappa shape index (κ1) is 10.8. The summed E-state index contributed by atoms with van der Waals surface area (Å²) in [6.07, 6.45) is 5.36. The summed E-state index contributed by atoms with van der Waals surface area (Å²) >= 11 is 0. The van der Waals surface area contributed by atoms with Crippen molar-refractivity contribution >= 4 is 5.96 Å². The van der Waals surface area contributed by atoms with Gasteiger partial charge in [-0.1, -0.05) is 12.2 Å². The van der Waals surface area contributed by atoms with E-state index < -0.39 is 0 Å². The number of hydrogen-bond donors (Lipinski definition) is 0. The highest BCUT2D eigenvalue weighted by Gasteiger charge is 2.15. The maximum atomic E-state index is 4.27. The molecule has 0 spiro atoms. The van der Waals surface area contributed by atoms with Crippen LogP contribution >= 0.6 is 0 Å². The van der Waals surface area contributed by atoms with Gasteiger partial charge in [-0.25, -0.2) is 0 Å². The highest BCUT2D eigenvalue weighted by Crippen LogP contribution is 2.21. The van der Waals surface area contributed by atoms with Crippen LogP contribution in [-0.2, 0) is 0 Å². The molecule has 0 saturated carbocycles. The van der Waals surface area contributed by atoms with Gasteiger partial charge in [0.05, 0.1) is 0 Å². The summed E-state index contributed by atoms with van der Waals surface area (Å²) < 4.78 is 0. The van der Waals surface area contributed by atoms with Crippen LogP contribution in [0, 0.1) is 0 Å². The molecule has 0 aliphatic heterocycles. The van der Waals surface area contributed by atoms with Crippen molar-refractivity contribution in [1.29, 1.82) is 0 Å². The van der Waals surface area contributed by atoms with Crippen LogP contribution < -0.4 is 0 Å². The summed E-state index contributed by atoms with van der Waals surface area (Å²) in [6.45, 7) is 2.14. The predicted octanol–water partition coefficient (Wildman–Crippen LogP) is 1.70. The van der Waals surface area contributed by atoms with E-state index in [0.717, 1.165) is 12.4 Å². The number of nitrogens with zero attached hydrogens (tertiary/aromatic N) is 3. The molecule has 3 heteroatoms. The van der Waals surface area contributed by atoms with E-state index >= 15 is 0 Å². The van der Waals surface area contributed by atoms with E-state index in [0.29, 0.717) is 0 Å². The molecule has 0 atom stereocenters. The van der Waals surface area contributed by atoms with Gasteiger partial charge in [0.25, 0.3) is 0 Å². The Morgan fingerprint density at radius 3 is 2.36 bits per heavy atom. The average Bonchev–Trinajstić information content (AvgIpc) is 2.51. The van der Waals surface area contributed by atoms with Crippen molar-refractivity contribution < 1.29 is 0 Å². The topological polar surface area (TPSA) is 18.8 Å². The Kier molecular flexibility index (Phi) is 3.33. The molecule has 0 saturated heterocycles. The average molecular weight is 193 g/mol. The van der Waals surface area contributed by atoms with E-state index in [1.807, 2.05) is 26.0 Å². The molecule has 0 fully saturated rings. The largest absolute Gasteiger partial charge is 0.349 e. The van der Waals surface area contributed by atoms with Gasteiger partial charge in [-0.2, -0.15) is 0 Å². The summed E-state index contributed by atoms with van der Waals surface area (Å²) in [7, 11) is 7.91. The molecule has 0 aromatic carbocycles. The normalized spacial score (nSPS) is 16.5. The molecule has 0 unspecified atom stereocenters. The molecule has 14 heavy (non-hydrogen) atoms. The van der Waals surface area contributed by atoms with Gasteiger partial charge < -0.3 is 9.80 Å². The second-order valence-corrected chi connectivity index (χ2v) is 3.71. The first-order valence-electron chi connectivity index (χ1n) is 4.82. The second-order valence-electron chi connectivity index (χ2n) is 3.71. The lowest BCUT2D eigenvalue weighted by atomic mass is 10.2. The Morgan fingerprint density at radius 2 is 2.00 bits per heavy atom. The third kappa shape index (κ3) is 1.97. The van der Waals surface area contributed by atoms with Gasteiger partial charge in [-0.05, 0) is 12.5 Å². The molecule has 0 aromatic heterocycles. The quantitative estimate of drug-likeness (QED) is 0.466. The Bertz CT molecular complexity index is 298. The van der Waals surface area contributed by atoms with Crippen molar-refractivity contribution in [2.75, 3.05) is 28.2 Å². The lowest BCUT2D eigenvalue weighted by Gasteiger charge is -2.27. The first-order valence-corrected chi connectivity index (χ1v) is 4.82. The number of rotatable bonds is 1. The maximum Gasteiger partial charge on any atom is 0.199 e. The number of hydrogen-bond acceptors (Lipinski definition) is 1. The minimum atomic E-state index is 0.989. The van der Waals surface area contributed by atoms with Crippen molar-refractivity contribution in [3.8, 4) is 0 Å². The number of guanidine groups is 1. The number of allylic oxidation sites excluding steroid dienone is 3. The standard InChI is InChI=1S/C11H19N3/c1-9-7-6-8-10(9)14(5)11(12-2)13(3)4/h6-7H,8H2,1-5H3. The van der Waals surface area contributed by atoms with Crippen LogP contribution in [-0.4, -0.2) is 44.0 Å². The lowest BCUT2D eigenvalue weighted by Crippen LogP contribution is -2.37. The van der Waals surface area contributed by atoms with E-state index in [4.69, 9.17) is 0 Å². The summed E-state index contributed by atoms with van der Waals surface area (Å²) in [4.78, 5) is 8.45. The Balaban J connectivity index is 2.85. The molecular formula is C11H19N3. The van der Waals surface area contributed by atoms with Gasteiger partial charge in [-0.15, -0.1) is 0 Å². The maximum absolute atomic E-state index is 4.27. The lowest BCUT2D eigenvalue weighted by molar-refractivity contribution is 0.480. The predicted molar refractivity (Wildman–Crippen MR) is 61.3 cm³/mol. The molecule has 3 nitrogen and oxygen atoms in total. The molecule has 0 N–H and O–H groups in total. The molecule has 0 heterocycles. The van der Waals surface area contributed by atoms with Crippen molar-refractivity contribution in [2.24, 2.45) is 4.99 Å². The third-order valence-electron chi connectivity index (χ3n) is 2.44. The monoisotopic (exact) mass is 193 g/mol. The highest BCUT2D eigenvalue weighted by atomic mass is 15.3. The summed E-state index contributed by atoms with van der Waals surface area (Å²) in [5.74, 6) is 0.989. The molecule has 0 aromatic rings. The van der Waals surface area contributed by atoms with Crippen LogP contribution in [0.25, 0.3) is 0 Å². The Morgan fingerprint density at radius 1 is 1.36 bits per heavy atom. The first-order chi connectivity index (χ1) is 6.57. The molecule has 1 aliphatic carbocycles. The molecule has 0 bridgehead atoms. The molecule has 0 amide bonds. The molecule has 0 radical (unpaired) electrons. The molecular weight excluding hydrogens is 174 g/mol. The summed E-state index contributed by atoms with van der Waals surface area (Å²) in [5, 5.41) is 0. The van der Waals surface area contributed by atoms with Crippen LogP contribution in [0.3, 0.4) is 0 Å². The highest BCUT2D eigenvalue weighted by molar-refractivity contribution is 5.81. The van der Waals surface area contributed by atoms with Crippen molar-refractivity contribution in [3.05, 3.63) is 23.4 Å². The van der Waals surface area contributed by atoms with E-state index in [1.54, 1.807) is 0 Å². The van der Waals surface area contributed by atoms with Crippen molar-refractivity contribution in [2.45, 2.75) is 13.3 Å². The smallest absolute Gasteiger partial charge is 0.199 e. The summed E-state index contributed by atoms with van der Waals surface area (Å²) in [5.41, 5.74) is 2.66. The molecule has 1 aliphatic rings. The molecule has 1 rings (SSSR count). The van der Waals surface area contributed by atoms with Gasteiger partial charge in [0.1, 0.15) is 0 Å². The zero-order valence-corrected chi connectivity index (χ0v) is 9.70. The zero-order valence-electron chi connectivity index (χ0n) is 9.70. The fourth-order valence-corrected chi connectivity index (χ4v) is 1.78. The Labute approximate surface area is 86.4 Å². The number of aliphatic imine (C=N–C) groups is 1. The van der Waals surface area contributed by atoms with Crippen LogP contribution in [0.4, 0.5) is 0 Å². The van der Waals surface area contributed by atoms with Crippen molar-refractivity contribution in [1.82, 2.24) is 9.80 Å². The molecule has 78 valence electrons. The Hall–Kier alpha value is -1.25. The van der Waals surface area contributed by atoms with Crippen molar-refractivity contribution in [3.63, 3.8) is 0 Å². The van der Waals surface area contributed by atoms with E-state index in [2.05, 4.69) is 36.0 Å². The van der Waals surface area contributed by atoms with Crippen LogP contribution in [0.5, 0.6) is 0 Å². The van der Waals surface area contributed by atoms with Gasteiger partial charge in [-0.3, -0.25) is 4.99 Å². The van der Waals surface area contributed by atoms with E-state index in [1.165, 1.54) is 11.3 Å². The fraction of sp³-hybridized carbons (Fsp3) is 0.545. The minimum Gasteiger partial charge on any atom is -0.349 e. The van der Waals surface area contributed by atoms with Gasteiger partial charge in [0.2, 0.25) is 0 Å². The van der Waals surface area contributed by atoms with Crippen LogP contribution in [0.15, 0.2) is 28.4 Å². The van der Waals surface area contributed by atoms with E-state index in [-0.39, 0.29) is 0 Å². The summed E-state index contributed by atoms with van der Waals surface area (Å²) in [6, 6.07) is 0. The second kappa shape index (κ2) is 4.31. The van der Waals surface area contributed by atoms with Gasteiger partial charge in [0.15, 0.2) is 5.96 Å². The van der Waals surface area contributed by atoms with Gasteiger partial charge >= 0.3 is 0 Å². The van der Waals surface area contributed by atoms with Crippen LogP contribution in [0.1, 0.15) is 13.3 Å².